The van der Waals surface area contributed by atoms with Crippen molar-refractivity contribution >= 4 is 5.97 Å². The summed E-state index contributed by atoms with van der Waals surface area (Å²) >= 11 is 0. The standard InChI is InChI=1S/C7H6F6O2/c8-5(9)1-6(10,11)3(4(14)15)7(12,13)2-5/h3H,1-2H2,(H,14,15). The van der Waals surface area contributed by atoms with E-state index in [0.717, 1.165) is 0 Å². The van der Waals surface area contributed by atoms with Gasteiger partial charge in [0.1, 0.15) is 0 Å². The first-order chi connectivity index (χ1) is 6.48. The van der Waals surface area contributed by atoms with Crippen LogP contribution >= 0.6 is 0 Å². The lowest BCUT2D eigenvalue weighted by atomic mass is 9.80. The number of hydrogen-bond donors (Lipinski definition) is 1. The molecule has 0 aliphatic heterocycles. The summed E-state index contributed by atoms with van der Waals surface area (Å²) in [6, 6.07) is 0. The minimum absolute atomic E-state index is 2.16. The van der Waals surface area contributed by atoms with Crippen molar-refractivity contribution in [2.45, 2.75) is 30.6 Å². The van der Waals surface area contributed by atoms with Crippen molar-refractivity contribution < 1.29 is 36.2 Å². The van der Waals surface area contributed by atoms with Crippen molar-refractivity contribution in [1.82, 2.24) is 0 Å². The molecule has 0 unspecified atom stereocenters. The zero-order chi connectivity index (χ0) is 12.1. The Hall–Kier alpha value is -0.950. The zero-order valence-electron chi connectivity index (χ0n) is 7.11. The Kier molecular flexibility index (Phi) is 2.44. The van der Waals surface area contributed by atoms with Gasteiger partial charge in [0, 0.05) is 0 Å². The summed E-state index contributed by atoms with van der Waals surface area (Å²) in [4.78, 5) is 10.2. The molecule has 0 spiro atoms. The Labute approximate surface area is 79.9 Å². The van der Waals surface area contributed by atoms with E-state index in [-0.39, 0.29) is 0 Å². The van der Waals surface area contributed by atoms with Crippen molar-refractivity contribution in [3.63, 3.8) is 0 Å². The Morgan fingerprint density at radius 2 is 1.33 bits per heavy atom. The van der Waals surface area contributed by atoms with Crippen molar-refractivity contribution in [2.24, 2.45) is 5.92 Å². The monoisotopic (exact) mass is 236 g/mol. The van der Waals surface area contributed by atoms with E-state index in [1.54, 1.807) is 0 Å². The van der Waals surface area contributed by atoms with Gasteiger partial charge in [0.15, 0.2) is 5.92 Å². The third-order valence-electron chi connectivity index (χ3n) is 2.08. The van der Waals surface area contributed by atoms with Crippen molar-refractivity contribution in [2.75, 3.05) is 0 Å². The van der Waals surface area contributed by atoms with E-state index < -0.39 is 42.5 Å². The van der Waals surface area contributed by atoms with Gasteiger partial charge in [-0.3, -0.25) is 4.79 Å². The molecule has 15 heavy (non-hydrogen) atoms. The maximum absolute atomic E-state index is 12.8. The van der Waals surface area contributed by atoms with Crippen LogP contribution in [0.5, 0.6) is 0 Å². The minimum atomic E-state index is -4.61. The van der Waals surface area contributed by atoms with Crippen LogP contribution in [-0.2, 0) is 4.79 Å². The number of alkyl halides is 6. The van der Waals surface area contributed by atoms with Crippen LogP contribution in [0.2, 0.25) is 0 Å². The Bertz CT molecular complexity index is 267. The summed E-state index contributed by atoms with van der Waals surface area (Å²) in [5.41, 5.74) is 0. The number of carboxylic acids is 1. The molecule has 0 amide bonds. The molecule has 1 aliphatic carbocycles. The summed E-state index contributed by atoms with van der Waals surface area (Å²) in [6.45, 7) is 0. The molecule has 1 fully saturated rings. The lowest BCUT2D eigenvalue weighted by molar-refractivity contribution is -0.265. The average molecular weight is 236 g/mol. The van der Waals surface area contributed by atoms with E-state index in [1.807, 2.05) is 0 Å². The molecule has 88 valence electrons. The summed E-state index contributed by atoms with van der Waals surface area (Å²) in [5.74, 6) is -19.3. The molecule has 0 radical (unpaired) electrons. The molecule has 1 rings (SSSR count). The van der Waals surface area contributed by atoms with Gasteiger partial charge in [0.05, 0.1) is 12.8 Å². The Morgan fingerprint density at radius 3 is 1.60 bits per heavy atom. The molecule has 0 heterocycles. The van der Waals surface area contributed by atoms with Gasteiger partial charge in [-0.05, 0) is 0 Å². The predicted molar refractivity (Wildman–Crippen MR) is 35.2 cm³/mol. The van der Waals surface area contributed by atoms with E-state index in [2.05, 4.69) is 0 Å². The van der Waals surface area contributed by atoms with E-state index in [0.29, 0.717) is 0 Å². The van der Waals surface area contributed by atoms with Crippen LogP contribution in [0.15, 0.2) is 0 Å². The molecular formula is C7H6F6O2. The molecule has 1 N–H and O–H groups in total. The second kappa shape index (κ2) is 3.02. The van der Waals surface area contributed by atoms with Gasteiger partial charge in [-0.2, -0.15) is 0 Å². The number of aliphatic carboxylic acids is 1. The number of rotatable bonds is 1. The minimum Gasteiger partial charge on any atom is -0.481 e. The lowest BCUT2D eigenvalue weighted by Gasteiger charge is -2.38. The molecule has 0 aromatic carbocycles. The van der Waals surface area contributed by atoms with Crippen LogP contribution in [0.3, 0.4) is 0 Å². The van der Waals surface area contributed by atoms with Crippen LogP contribution in [0.25, 0.3) is 0 Å². The van der Waals surface area contributed by atoms with E-state index >= 15 is 0 Å². The summed E-state index contributed by atoms with van der Waals surface area (Å²) in [5, 5.41) is 8.17. The molecular weight excluding hydrogens is 230 g/mol. The van der Waals surface area contributed by atoms with Crippen molar-refractivity contribution in [3.8, 4) is 0 Å². The predicted octanol–water partition coefficient (Wildman–Crippen LogP) is 2.39. The number of carbonyl (C=O) groups is 1. The summed E-state index contributed by atoms with van der Waals surface area (Å²) in [6.07, 6.45) is -4.32. The SMILES string of the molecule is O=C(O)C1C(F)(F)CC(F)(F)CC1(F)F. The number of carboxylic acid groups (broad SMARTS) is 1. The normalized spacial score (nSPS) is 28.7. The van der Waals surface area contributed by atoms with Gasteiger partial charge in [-0.25, -0.2) is 26.3 Å². The third kappa shape index (κ3) is 2.18. The molecule has 0 bridgehead atoms. The maximum atomic E-state index is 12.8. The quantitative estimate of drug-likeness (QED) is 0.709. The van der Waals surface area contributed by atoms with E-state index in [4.69, 9.17) is 5.11 Å². The highest BCUT2D eigenvalue weighted by molar-refractivity contribution is 5.72. The maximum Gasteiger partial charge on any atom is 0.318 e. The Morgan fingerprint density at radius 1 is 1.00 bits per heavy atom. The molecule has 2 nitrogen and oxygen atoms in total. The fourth-order valence-corrected chi connectivity index (χ4v) is 1.63. The highest BCUT2D eigenvalue weighted by Gasteiger charge is 2.69. The highest BCUT2D eigenvalue weighted by Crippen LogP contribution is 2.53. The summed E-state index contributed by atoms with van der Waals surface area (Å²) < 4.78 is 76.0. The van der Waals surface area contributed by atoms with E-state index in [9.17, 15) is 31.1 Å². The largest absolute Gasteiger partial charge is 0.481 e. The number of halogens is 6. The topological polar surface area (TPSA) is 37.3 Å². The molecule has 0 aromatic heterocycles. The average Bonchev–Trinajstić information content (AvgIpc) is 1.71. The molecule has 0 atom stereocenters. The first-order valence-electron chi connectivity index (χ1n) is 3.84. The van der Waals surface area contributed by atoms with Crippen LogP contribution in [0, 0.1) is 5.92 Å². The van der Waals surface area contributed by atoms with Crippen LogP contribution < -0.4 is 0 Å². The van der Waals surface area contributed by atoms with E-state index in [1.165, 1.54) is 0 Å². The molecule has 0 aromatic rings. The molecule has 1 saturated carbocycles. The number of hydrogen-bond acceptors (Lipinski definition) is 1. The van der Waals surface area contributed by atoms with Crippen LogP contribution in [0.4, 0.5) is 26.3 Å². The van der Waals surface area contributed by atoms with Gasteiger partial charge in [-0.1, -0.05) is 0 Å². The molecule has 1 aliphatic rings. The third-order valence-corrected chi connectivity index (χ3v) is 2.08. The fraction of sp³-hybridized carbons (Fsp3) is 0.857. The highest BCUT2D eigenvalue weighted by atomic mass is 19.3. The second-order valence-electron chi connectivity index (χ2n) is 3.50. The smallest absolute Gasteiger partial charge is 0.318 e. The zero-order valence-corrected chi connectivity index (χ0v) is 7.11. The van der Waals surface area contributed by atoms with Crippen molar-refractivity contribution in [3.05, 3.63) is 0 Å². The van der Waals surface area contributed by atoms with Crippen LogP contribution in [0.1, 0.15) is 12.8 Å². The second-order valence-corrected chi connectivity index (χ2v) is 3.50. The van der Waals surface area contributed by atoms with Gasteiger partial charge in [0.25, 0.3) is 17.8 Å². The van der Waals surface area contributed by atoms with Gasteiger partial charge < -0.3 is 5.11 Å². The van der Waals surface area contributed by atoms with Crippen molar-refractivity contribution in [1.29, 1.82) is 0 Å². The lowest BCUT2D eigenvalue weighted by Crippen LogP contribution is -2.56. The van der Waals surface area contributed by atoms with Gasteiger partial charge in [-0.15, -0.1) is 0 Å². The molecule has 0 saturated heterocycles. The fourth-order valence-electron chi connectivity index (χ4n) is 1.63. The van der Waals surface area contributed by atoms with Gasteiger partial charge >= 0.3 is 5.97 Å². The first kappa shape index (κ1) is 12.1. The van der Waals surface area contributed by atoms with Crippen LogP contribution in [-0.4, -0.2) is 28.8 Å². The Balaban J connectivity index is 3.12. The first-order valence-corrected chi connectivity index (χ1v) is 3.84. The van der Waals surface area contributed by atoms with Gasteiger partial charge in [0.2, 0.25) is 0 Å². The molecule has 8 heteroatoms. The summed E-state index contributed by atoms with van der Waals surface area (Å²) in [7, 11) is 0.